The highest BCUT2D eigenvalue weighted by atomic mass is 127. The van der Waals surface area contributed by atoms with Gasteiger partial charge in [0.25, 0.3) is 0 Å². The molecule has 1 aromatic heterocycles. The molecule has 3 aromatic rings. The summed E-state index contributed by atoms with van der Waals surface area (Å²) in [5, 5.41) is 28.1. The first kappa shape index (κ1) is 23.4. The fourth-order valence-electron chi connectivity index (χ4n) is 3.11. The highest BCUT2D eigenvalue weighted by molar-refractivity contribution is 14.0. The van der Waals surface area contributed by atoms with Crippen molar-refractivity contribution >= 4 is 51.4 Å². The van der Waals surface area contributed by atoms with Gasteiger partial charge in [0.15, 0.2) is 5.96 Å². The second-order valence-corrected chi connectivity index (χ2v) is 7.97. The Kier molecular flexibility index (Phi) is 8.73. The molecule has 0 spiro atoms. The zero-order valence-electron chi connectivity index (χ0n) is 16.9. The molecule has 0 radical (unpaired) electrons. The van der Waals surface area contributed by atoms with Gasteiger partial charge in [-0.25, -0.2) is 4.99 Å². The van der Waals surface area contributed by atoms with E-state index in [2.05, 4.69) is 27.8 Å². The third-order valence-corrected chi connectivity index (χ3v) is 5.77. The van der Waals surface area contributed by atoms with Crippen molar-refractivity contribution in [3.63, 3.8) is 0 Å². The van der Waals surface area contributed by atoms with E-state index in [4.69, 9.17) is 0 Å². The number of hydrogen-bond acceptors (Lipinski definition) is 4. The van der Waals surface area contributed by atoms with Crippen LogP contribution in [0.1, 0.15) is 34.6 Å². The van der Waals surface area contributed by atoms with Gasteiger partial charge < -0.3 is 20.8 Å². The first-order chi connectivity index (χ1) is 13.5. The number of phenols is 1. The molecular formula is C22H28IN3O2S. The number of aliphatic hydroxyl groups is 1. The van der Waals surface area contributed by atoms with Crippen LogP contribution in [0.3, 0.4) is 0 Å². The van der Waals surface area contributed by atoms with Crippen LogP contribution < -0.4 is 10.6 Å². The molecule has 1 heterocycles. The van der Waals surface area contributed by atoms with E-state index in [0.717, 1.165) is 33.5 Å². The third-order valence-electron chi connectivity index (χ3n) is 4.55. The lowest BCUT2D eigenvalue weighted by molar-refractivity contribution is 0.184. The molecule has 4 N–H and O–H groups in total. The molecule has 0 saturated heterocycles. The summed E-state index contributed by atoms with van der Waals surface area (Å²) in [6.45, 7) is 7.40. The second kappa shape index (κ2) is 10.8. The summed E-state index contributed by atoms with van der Waals surface area (Å²) in [4.78, 5) is 5.55. The normalized spacial score (nSPS) is 12.5. The van der Waals surface area contributed by atoms with Crippen LogP contribution in [-0.2, 0) is 6.54 Å². The number of benzene rings is 2. The minimum atomic E-state index is -0.598. The van der Waals surface area contributed by atoms with Gasteiger partial charge in [0.1, 0.15) is 11.9 Å². The van der Waals surface area contributed by atoms with E-state index < -0.39 is 6.10 Å². The van der Waals surface area contributed by atoms with Gasteiger partial charge >= 0.3 is 0 Å². The summed E-state index contributed by atoms with van der Waals surface area (Å²) in [5.41, 5.74) is 2.74. The lowest BCUT2D eigenvalue weighted by Gasteiger charge is -2.14. The number of guanidine groups is 1. The van der Waals surface area contributed by atoms with Gasteiger partial charge in [-0.1, -0.05) is 30.3 Å². The first-order valence-corrected chi connectivity index (χ1v) is 10.3. The predicted octanol–water partition coefficient (Wildman–Crippen LogP) is 4.63. The molecule has 7 heteroatoms. The fraction of sp³-hybridized carbons (Fsp3) is 0.318. The average Bonchev–Trinajstić information content (AvgIpc) is 3.12. The summed E-state index contributed by atoms with van der Waals surface area (Å²) in [6.07, 6.45) is -0.598. The van der Waals surface area contributed by atoms with Gasteiger partial charge in [-0.15, -0.1) is 35.3 Å². The molecule has 0 amide bonds. The van der Waals surface area contributed by atoms with Crippen LogP contribution >= 0.6 is 35.3 Å². The van der Waals surface area contributed by atoms with E-state index in [1.165, 1.54) is 4.70 Å². The number of aliphatic hydroxyl groups excluding tert-OH is 1. The first-order valence-electron chi connectivity index (χ1n) is 9.45. The van der Waals surface area contributed by atoms with Crippen molar-refractivity contribution in [2.45, 2.75) is 33.4 Å². The molecule has 0 aliphatic carbocycles. The summed E-state index contributed by atoms with van der Waals surface area (Å²) >= 11 is 1.61. The Hall–Kier alpha value is -1.84. The Bertz CT molecular complexity index is 931. The number of fused-ring (bicyclic) bond motifs is 1. The van der Waals surface area contributed by atoms with Crippen LogP contribution in [0.15, 0.2) is 47.5 Å². The van der Waals surface area contributed by atoms with Gasteiger partial charge in [0.2, 0.25) is 0 Å². The topological polar surface area (TPSA) is 76.9 Å². The Morgan fingerprint density at radius 3 is 2.45 bits per heavy atom. The molecule has 0 aliphatic heterocycles. The maximum Gasteiger partial charge on any atom is 0.191 e. The molecule has 0 fully saturated rings. The van der Waals surface area contributed by atoms with Crippen molar-refractivity contribution in [3.8, 4) is 5.75 Å². The van der Waals surface area contributed by atoms with Crippen LogP contribution in [0.2, 0.25) is 0 Å². The number of aryl methyl sites for hydroxylation is 2. The molecule has 0 bridgehead atoms. The minimum Gasteiger partial charge on any atom is -0.507 e. The highest BCUT2D eigenvalue weighted by Gasteiger charge is 2.12. The second-order valence-electron chi connectivity index (χ2n) is 6.86. The van der Waals surface area contributed by atoms with Crippen molar-refractivity contribution in [1.82, 2.24) is 10.6 Å². The van der Waals surface area contributed by atoms with E-state index in [1.54, 1.807) is 11.3 Å². The molecule has 1 unspecified atom stereocenters. The highest BCUT2D eigenvalue weighted by Crippen LogP contribution is 2.29. The predicted molar refractivity (Wildman–Crippen MR) is 133 cm³/mol. The number of phenolic OH excluding ortho intramolecular Hbond substituents is 1. The zero-order chi connectivity index (χ0) is 20.1. The molecule has 1 atom stereocenters. The number of rotatable bonds is 6. The molecule has 0 aliphatic rings. The van der Waals surface area contributed by atoms with Gasteiger partial charge in [0, 0.05) is 22.7 Å². The molecule has 5 nitrogen and oxygen atoms in total. The number of aliphatic imine (C=N–C) groups is 1. The standard InChI is InChI=1S/C22H27N3O2S.HI/c1-4-23-22(24-12-16-9-14(2)21(27)15(3)10-16)25-13-18(26)20-11-17-7-5-6-8-19(17)28-20;/h5-11,18,26-27H,4,12-13H2,1-3H3,(H2,23,24,25);1H. The van der Waals surface area contributed by atoms with Crippen LogP contribution in [-0.4, -0.2) is 29.3 Å². The Morgan fingerprint density at radius 1 is 1.10 bits per heavy atom. The summed E-state index contributed by atoms with van der Waals surface area (Å²) in [6, 6.07) is 14.1. The van der Waals surface area contributed by atoms with Crippen LogP contribution in [0.5, 0.6) is 5.75 Å². The Morgan fingerprint density at radius 2 is 1.79 bits per heavy atom. The summed E-state index contributed by atoms with van der Waals surface area (Å²) in [7, 11) is 0. The van der Waals surface area contributed by atoms with E-state index in [1.807, 2.05) is 51.1 Å². The third kappa shape index (κ3) is 6.07. The van der Waals surface area contributed by atoms with Gasteiger partial charge in [-0.05, 0) is 55.0 Å². The number of nitrogens with one attached hydrogen (secondary N) is 2. The summed E-state index contributed by atoms with van der Waals surface area (Å²) < 4.78 is 1.18. The number of thiophene rings is 1. The van der Waals surface area contributed by atoms with E-state index >= 15 is 0 Å². The van der Waals surface area contributed by atoms with Crippen molar-refractivity contribution in [3.05, 3.63) is 64.0 Å². The lowest BCUT2D eigenvalue weighted by atomic mass is 10.1. The van der Waals surface area contributed by atoms with Crippen LogP contribution in [0.4, 0.5) is 0 Å². The van der Waals surface area contributed by atoms with E-state index in [-0.39, 0.29) is 24.0 Å². The Balaban J connectivity index is 0.00000300. The molecular weight excluding hydrogens is 497 g/mol. The minimum absolute atomic E-state index is 0. The van der Waals surface area contributed by atoms with Gasteiger partial charge in [0.05, 0.1) is 6.54 Å². The lowest BCUT2D eigenvalue weighted by Crippen LogP contribution is -2.39. The summed E-state index contributed by atoms with van der Waals surface area (Å²) in [5.74, 6) is 0.996. The molecule has 2 aromatic carbocycles. The van der Waals surface area contributed by atoms with Gasteiger partial charge in [-0.3, -0.25) is 0 Å². The van der Waals surface area contributed by atoms with Crippen LogP contribution in [0.25, 0.3) is 10.1 Å². The molecule has 29 heavy (non-hydrogen) atoms. The molecule has 0 saturated carbocycles. The number of hydrogen-bond donors (Lipinski definition) is 4. The quantitative estimate of drug-likeness (QED) is 0.215. The molecule has 3 rings (SSSR count). The van der Waals surface area contributed by atoms with E-state index in [0.29, 0.717) is 24.8 Å². The average molecular weight is 525 g/mol. The maximum atomic E-state index is 10.6. The van der Waals surface area contributed by atoms with E-state index in [9.17, 15) is 10.2 Å². The Labute approximate surface area is 192 Å². The van der Waals surface area contributed by atoms with Crippen molar-refractivity contribution in [2.75, 3.05) is 13.1 Å². The largest absolute Gasteiger partial charge is 0.507 e. The fourth-order valence-corrected chi connectivity index (χ4v) is 4.16. The SMILES string of the molecule is CCNC(=NCc1cc(C)c(O)c(C)c1)NCC(O)c1cc2ccccc2s1.I. The smallest absolute Gasteiger partial charge is 0.191 e. The zero-order valence-corrected chi connectivity index (χ0v) is 20.0. The van der Waals surface area contributed by atoms with Crippen molar-refractivity contribution in [1.29, 1.82) is 0 Å². The number of aromatic hydroxyl groups is 1. The monoisotopic (exact) mass is 525 g/mol. The number of nitrogens with zero attached hydrogens (tertiary/aromatic N) is 1. The maximum absolute atomic E-state index is 10.6. The number of halogens is 1. The molecule has 156 valence electrons. The van der Waals surface area contributed by atoms with Gasteiger partial charge in [-0.2, -0.15) is 0 Å². The van der Waals surface area contributed by atoms with Crippen LogP contribution in [0, 0.1) is 13.8 Å². The van der Waals surface area contributed by atoms with Crippen molar-refractivity contribution < 1.29 is 10.2 Å². The van der Waals surface area contributed by atoms with Crippen molar-refractivity contribution in [2.24, 2.45) is 4.99 Å².